The first kappa shape index (κ1) is 16.4. The maximum atomic E-state index is 12.8. The van der Waals surface area contributed by atoms with Crippen LogP contribution in [0.3, 0.4) is 0 Å². The second-order valence-electron chi connectivity index (χ2n) is 6.01. The van der Waals surface area contributed by atoms with Gasteiger partial charge < -0.3 is 0 Å². The molecule has 7 heteroatoms. The van der Waals surface area contributed by atoms with E-state index in [0.29, 0.717) is 12.8 Å². The molecule has 24 heavy (non-hydrogen) atoms. The molecule has 2 aromatic rings. The van der Waals surface area contributed by atoms with E-state index in [1.54, 1.807) is 0 Å². The maximum absolute atomic E-state index is 12.8. The van der Waals surface area contributed by atoms with Crippen LogP contribution in [-0.4, -0.2) is 15.3 Å². The first-order chi connectivity index (χ1) is 11.2. The fourth-order valence-corrected chi connectivity index (χ4v) is 3.08. The van der Waals surface area contributed by atoms with Crippen LogP contribution in [0.2, 0.25) is 0 Å². The van der Waals surface area contributed by atoms with Crippen molar-refractivity contribution in [3.8, 4) is 0 Å². The van der Waals surface area contributed by atoms with Crippen molar-refractivity contribution in [1.82, 2.24) is 9.55 Å². The lowest BCUT2D eigenvalue weighted by atomic mass is 9.90. The summed E-state index contributed by atoms with van der Waals surface area (Å²) in [5.41, 5.74) is -0.539. The first-order valence-electron chi connectivity index (χ1n) is 7.48. The molecule has 0 spiro atoms. The van der Waals surface area contributed by atoms with Crippen LogP contribution in [0.5, 0.6) is 0 Å². The number of Topliss-reactive ketones (excluding diaryl/α,β-unsaturated/α-hetero) is 1. The van der Waals surface area contributed by atoms with E-state index in [0.717, 1.165) is 23.8 Å². The molecule has 1 heterocycles. The molecule has 1 aliphatic carbocycles. The van der Waals surface area contributed by atoms with Gasteiger partial charge in [-0.1, -0.05) is 12.2 Å². The Morgan fingerprint density at radius 3 is 2.62 bits per heavy atom. The Morgan fingerprint density at radius 1 is 1.29 bits per heavy atom. The monoisotopic (exact) mass is 336 g/mol. The number of ketones is 1. The molecule has 3 rings (SSSR count). The van der Waals surface area contributed by atoms with Crippen LogP contribution >= 0.6 is 0 Å². The highest BCUT2D eigenvalue weighted by atomic mass is 19.4. The van der Waals surface area contributed by atoms with Gasteiger partial charge in [-0.05, 0) is 38.0 Å². The number of aryl methyl sites for hydroxylation is 1. The van der Waals surface area contributed by atoms with E-state index in [2.05, 4.69) is 11.6 Å². The highest BCUT2D eigenvalue weighted by Gasteiger charge is 2.32. The third kappa shape index (κ3) is 2.74. The number of aromatic nitrogens is 2. The summed E-state index contributed by atoms with van der Waals surface area (Å²) in [6.45, 7) is 5.32. The summed E-state index contributed by atoms with van der Waals surface area (Å²) < 4.78 is 39.7. The first-order valence-corrected chi connectivity index (χ1v) is 7.48. The number of halogens is 3. The summed E-state index contributed by atoms with van der Waals surface area (Å²) in [7, 11) is 0. The number of allylic oxidation sites excluding steroid dienone is 1. The van der Waals surface area contributed by atoms with E-state index in [1.807, 2.05) is 0 Å². The Balaban J connectivity index is 2.16. The number of benzene rings is 1. The predicted octanol–water partition coefficient (Wildman–Crippen LogP) is 3.57. The summed E-state index contributed by atoms with van der Waals surface area (Å²) in [6.07, 6.45) is -3.21. The van der Waals surface area contributed by atoms with Gasteiger partial charge in [-0.3, -0.25) is 14.2 Å². The van der Waals surface area contributed by atoms with Gasteiger partial charge in [0.2, 0.25) is 0 Å². The van der Waals surface area contributed by atoms with Gasteiger partial charge in [0.1, 0.15) is 5.82 Å². The van der Waals surface area contributed by atoms with Gasteiger partial charge in [0.15, 0.2) is 5.78 Å². The molecule has 4 nitrogen and oxygen atoms in total. The highest BCUT2D eigenvalue weighted by Crippen LogP contribution is 2.31. The lowest BCUT2D eigenvalue weighted by molar-refractivity contribution is -0.137. The van der Waals surface area contributed by atoms with Gasteiger partial charge in [-0.2, -0.15) is 13.2 Å². The van der Waals surface area contributed by atoms with Crippen LogP contribution in [0.4, 0.5) is 13.2 Å². The Labute approximate surface area is 135 Å². The van der Waals surface area contributed by atoms with Crippen LogP contribution in [0.25, 0.3) is 10.9 Å². The van der Waals surface area contributed by atoms with Crippen molar-refractivity contribution in [2.75, 3.05) is 0 Å². The van der Waals surface area contributed by atoms with Crippen molar-refractivity contribution >= 4 is 16.7 Å². The molecule has 1 fully saturated rings. The number of hydrogen-bond donors (Lipinski definition) is 0. The molecule has 1 aromatic carbocycles. The van der Waals surface area contributed by atoms with Crippen LogP contribution in [0.1, 0.15) is 36.7 Å². The molecule has 0 radical (unpaired) electrons. The SMILES string of the molecule is C=C1CCC(n2c(C)nc3cc(C(F)(F)F)ccc3c2=O)C(=O)C1. The smallest absolute Gasteiger partial charge is 0.297 e. The fourth-order valence-electron chi connectivity index (χ4n) is 3.08. The number of rotatable bonds is 1. The van der Waals surface area contributed by atoms with Crippen molar-refractivity contribution in [3.63, 3.8) is 0 Å². The Hall–Kier alpha value is -2.44. The number of nitrogens with zero attached hydrogens (tertiary/aromatic N) is 2. The predicted molar refractivity (Wildman–Crippen MR) is 82.8 cm³/mol. The minimum atomic E-state index is -4.50. The second kappa shape index (κ2) is 5.58. The lowest BCUT2D eigenvalue weighted by Crippen LogP contribution is -2.34. The zero-order valence-electron chi connectivity index (χ0n) is 13.0. The summed E-state index contributed by atoms with van der Waals surface area (Å²) in [6, 6.07) is 2.20. The van der Waals surface area contributed by atoms with Crippen LogP contribution in [0.15, 0.2) is 35.1 Å². The van der Waals surface area contributed by atoms with Crippen LogP contribution in [-0.2, 0) is 11.0 Å². The molecule has 1 atom stereocenters. The van der Waals surface area contributed by atoms with Crippen molar-refractivity contribution < 1.29 is 18.0 Å². The van der Waals surface area contributed by atoms with E-state index in [9.17, 15) is 22.8 Å². The minimum Gasteiger partial charge on any atom is -0.297 e. The van der Waals surface area contributed by atoms with Gasteiger partial charge in [0.05, 0.1) is 22.5 Å². The summed E-state index contributed by atoms with van der Waals surface area (Å²) in [5.74, 6) is 0.113. The van der Waals surface area contributed by atoms with Crippen molar-refractivity contribution in [2.45, 2.75) is 38.4 Å². The topological polar surface area (TPSA) is 52.0 Å². The number of hydrogen-bond acceptors (Lipinski definition) is 3. The van der Waals surface area contributed by atoms with Crippen molar-refractivity contribution in [2.24, 2.45) is 0 Å². The third-order valence-electron chi connectivity index (χ3n) is 4.28. The number of alkyl halides is 3. The number of fused-ring (bicyclic) bond motifs is 1. The van der Waals surface area contributed by atoms with Crippen molar-refractivity contribution in [3.05, 3.63) is 52.1 Å². The third-order valence-corrected chi connectivity index (χ3v) is 4.28. The molecular formula is C17H15F3N2O2. The molecule has 0 saturated heterocycles. The second-order valence-corrected chi connectivity index (χ2v) is 6.01. The standard InChI is InChI=1S/C17H15F3N2O2/c1-9-3-6-14(15(23)7-9)22-10(2)21-13-8-11(17(18,19)20)4-5-12(13)16(22)24/h4-5,8,14H,1,3,6-7H2,2H3. The van der Waals surface area contributed by atoms with E-state index >= 15 is 0 Å². The lowest BCUT2D eigenvalue weighted by Gasteiger charge is -2.25. The molecule has 0 amide bonds. The number of carbonyl (C=O) groups excluding carboxylic acids is 1. The summed E-state index contributed by atoms with van der Waals surface area (Å²) in [5, 5.41) is 0.0748. The summed E-state index contributed by atoms with van der Waals surface area (Å²) >= 11 is 0. The molecule has 1 saturated carbocycles. The van der Waals surface area contributed by atoms with Gasteiger partial charge in [0.25, 0.3) is 5.56 Å². The average Bonchev–Trinajstić information content (AvgIpc) is 2.47. The van der Waals surface area contributed by atoms with Crippen LogP contribution < -0.4 is 5.56 Å². The van der Waals surface area contributed by atoms with Crippen LogP contribution in [0, 0.1) is 6.92 Å². The minimum absolute atomic E-state index is 0.0174. The van der Waals surface area contributed by atoms with E-state index < -0.39 is 23.3 Å². The molecule has 1 aliphatic rings. The van der Waals surface area contributed by atoms with Gasteiger partial charge in [-0.25, -0.2) is 4.98 Å². The largest absolute Gasteiger partial charge is 0.416 e. The van der Waals surface area contributed by atoms with Gasteiger partial charge in [-0.15, -0.1) is 0 Å². The summed E-state index contributed by atoms with van der Waals surface area (Å²) in [4.78, 5) is 29.1. The maximum Gasteiger partial charge on any atom is 0.416 e. The van der Waals surface area contributed by atoms with Gasteiger partial charge >= 0.3 is 6.18 Å². The molecule has 0 bridgehead atoms. The molecule has 0 aliphatic heterocycles. The normalized spacial score (nSPS) is 19.1. The average molecular weight is 336 g/mol. The number of carbonyl (C=O) groups is 1. The molecule has 1 aromatic heterocycles. The van der Waals surface area contributed by atoms with E-state index in [-0.39, 0.29) is 28.9 Å². The Kier molecular flexibility index (Phi) is 3.81. The highest BCUT2D eigenvalue weighted by molar-refractivity contribution is 5.86. The zero-order valence-corrected chi connectivity index (χ0v) is 13.0. The Morgan fingerprint density at radius 2 is 2.00 bits per heavy atom. The molecule has 0 N–H and O–H groups in total. The van der Waals surface area contributed by atoms with Crippen molar-refractivity contribution in [1.29, 1.82) is 0 Å². The molecule has 126 valence electrons. The molecular weight excluding hydrogens is 321 g/mol. The van der Waals surface area contributed by atoms with E-state index in [1.165, 1.54) is 11.5 Å². The van der Waals surface area contributed by atoms with E-state index in [4.69, 9.17) is 0 Å². The quantitative estimate of drug-likeness (QED) is 0.748. The van der Waals surface area contributed by atoms with Gasteiger partial charge in [0, 0.05) is 6.42 Å². The molecule has 1 unspecified atom stereocenters. The zero-order chi connectivity index (χ0) is 17.6. The Bertz CT molecular complexity index is 912. The fraction of sp³-hybridized carbons (Fsp3) is 0.353.